The summed E-state index contributed by atoms with van der Waals surface area (Å²) in [6.45, 7) is 2.71. The molecule has 1 N–H and O–H groups in total. The Morgan fingerprint density at radius 3 is 2.70 bits per heavy atom. The number of carbonyl (C=O) groups excluding carboxylic acids is 1. The average Bonchev–Trinajstić information content (AvgIpc) is 3.04. The number of amides is 1. The van der Waals surface area contributed by atoms with Crippen molar-refractivity contribution < 1.29 is 14.3 Å². The molecule has 30 heavy (non-hydrogen) atoms. The highest BCUT2D eigenvalue weighted by Crippen LogP contribution is 2.39. The van der Waals surface area contributed by atoms with Crippen LogP contribution < -0.4 is 14.8 Å². The van der Waals surface area contributed by atoms with Gasteiger partial charge in [0.15, 0.2) is 11.5 Å². The van der Waals surface area contributed by atoms with E-state index < -0.39 is 0 Å². The van der Waals surface area contributed by atoms with Gasteiger partial charge in [0.1, 0.15) is 10.9 Å². The Morgan fingerprint density at radius 2 is 1.93 bits per heavy atom. The summed E-state index contributed by atoms with van der Waals surface area (Å²) < 4.78 is 12.3. The quantitative estimate of drug-likeness (QED) is 0.367. The van der Waals surface area contributed by atoms with Crippen molar-refractivity contribution in [3.05, 3.63) is 75.7 Å². The number of fused-ring (bicyclic) bond motifs is 1. The van der Waals surface area contributed by atoms with Crippen LogP contribution in [0.15, 0.2) is 59.5 Å². The maximum atomic E-state index is 11.9. The molecule has 1 amide bonds. The topological polar surface area (TPSA) is 47.6 Å². The van der Waals surface area contributed by atoms with E-state index in [0.717, 1.165) is 21.9 Å². The number of hydrogen-bond acceptors (Lipinski definition) is 5. The number of carbonyl (C=O) groups is 1. The molecule has 0 atom stereocenters. The standard InChI is InChI=1S/C23H18ClNO3S2/c1-2-27-19-11-14(12-20-22(26)25-23(29)30-20)10-18(24)21(19)28-13-16-8-5-7-15-6-3-4-9-17(15)16/h3-12H,2,13H2,1H3,(H,25,26,29). The lowest BCUT2D eigenvalue weighted by Crippen LogP contribution is -2.17. The van der Waals surface area contributed by atoms with Gasteiger partial charge < -0.3 is 14.8 Å². The van der Waals surface area contributed by atoms with Gasteiger partial charge in [0, 0.05) is 0 Å². The van der Waals surface area contributed by atoms with E-state index in [1.807, 2.05) is 37.3 Å². The van der Waals surface area contributed by atoms with Gasteiger partial charge in [0.05, 0.1) is 16.5 Å². The van der Waals surface area contributed by atoms with Gasteiger partial charge in [0.25, 0.3) is 5.91 Å². The largest absolute Gasteiger partial charge is 0.490 e. The van der Waals surface area contributed by atoms with Crippen molar-refractivity contribution in [3.8, 4) is 11.5 Å². The Balaban J connectivity index is 1.63. The van der Waals surface area contributed by atoms with Crippen LogP contribution in [0, 0.1) is 0 Å². The molecule has 0 aliphatic carbocycles. The van der Waals surface area contributed by atoms with Crippen molar-refractivity contribution in [2.45, 2.75) is 13.5 Å². The molecule has 0 unspecified atom stereocenters. The van der Waals surface area contributed by atoms with Crippen LogP contribution in [0.3, 0.4) is 0 Å². The van der Waals surface area contributed by atoms with Crippen molar-refractivity contribution in [1.82, 2.24) is 5.32 Å². The van der Waals surface area contributed by atoms with Gasteiger partial charge in [-0.3, -0.25) is 4.79 Å². The molecule has 0 radical (unpaired) electrons. The van der Waals surface area contributed by atoms with Gasteiger partial charge in [-0.15, -0.1) is 0 Å². The Hall–Kier alpha value is -2.54. The molecule has 1 heterocycles. The maximum Gasteiger partial charge on any atom is 0.263 e. The molecule has 0 saturated carbocycles. The first-order chi connectivity index (χ1) is 14.5. The van der Waals surface area contributed by atoms with Crippen LogP contribution in [-0.2, 0) is 11.4 Å². The molecule has 1 fully saturated rings. The van der Waals surface area contributed by atoms with E-state index in [9.17, 15) is 4.79 Å². The predicted octanol–water partition coefficient (Wildman–Crippen LogP) is 5.96. The molecule has 152 valence electrons. The molecule has 0 spiro atoms. The van der Waals surface area contributed by atoms with Crippen LogP contribution in [0.4, 0.5) is 0 Å². The van der Waals surface area contributed by atoms with Gasteiger partial charge in [-0.05, 0) is 47.0 Å². The number of hydrogen-bond donors (Lipinski definition) is 1. The number of rotatable bonds is 6. The summed E-state index contributed by atoms with van der Waals surface area (Å²) in [6, 6.07) is 17.9. The van der Waals surface area contributed by atoms with E-state index in [1.165, 1.54) is 11.8 Å². The van der Waals surface area contributed by atoms with Gasteiger partial charge in [-0.2, -0.15) is 0 Å². The smallest absolute Gasteiger partial charge is 0.263 e. The zero-order chi connectivity index (χ0) is 21.1. The number of nitrogens with one attached hydrogen (secondary N) is 1. The lowest BCUT2D eigenvalue weighted by Gasteiger charge is -2.15. The third-order valence-corrected chi connectivity index (χ3v) is 5.97. The second-order valence-corrected chi connectivity index (χ2v) is 8.67. The molecule has 7 heteroatoms. The van der Waals surface area contributed by atoms with Crippen LogP contribution in [0.1, 0.15) is 18.1 Å². The summed E-state index contributed by atoms with van der Waals surface area (Å²) in [5, 5.41) is 5.31. The molecule has 3 aromatic rings. The highest BCUT2D eigenvalue weighted by Gasteiger charge is 2.22. The van der Waals surface area contributed by atoms with Crippen LogP contribution in [0.25, 0.3) is 16.8 Å². The number of halogens is 1. The summed E-state index contributed by atoms with van der Waals surface area (Å²) in [4.78, 5) is 12.5. The van der Waals surface area contributed by atoms with E-state index in [4.69, 9.17) is 33.3 Å². The highest BCUT2D eigenvalue weighted by atomic mass is 35.5. The van der Waals surface area contributed by atoms with E-state index in [1.54, 1.807) is 12.1 Å². The summed E-state index contributed by atoms with van der Waals surface area (Å²) in [5.41, 5.74) is 1.80. The summed E-state index contributed by atoms with van der Waals surface area (Å²) >= 11 is 12.8. The molecule has 1 saturated heterocycles. The first-order valence-electron chi connectivity index (χ1n) is 9.36. The second-order valence-electron chi connectivity index (χ2n) is 6.54. The fraction of sp³-hybridized carbons (Fsp3) is 0.130. The zero-order valence-corrected chi connectivity index (χ0v) is 18.5. The van der Waals surface area contributed by atoms with Gasteiger partial charge in [0.2, 0.25) is 0 Å². The molecule has 1 aliphatic rings. The van der Waals surface area contributed by atoms with Crippen LogP contribution in [0.2, 0.25) is 5.02 Å². The zero-order valence-electron chi connectivity index (χ0n) is 16.1. The van der Waals surface area contributed by atoms with Crippen molar-refractivity contribution in [3.63, 3.8) is 0 Å². The summed E-state index contributed by atoms with van der Waals surface area (Å²) in [5.74, 6) is 0.797. The van der Waals surface area contributed by atoms with E-state index >= 15 is 0 Å². The Bertz CT molecular complexity index is 1170. The maximum absolute atomic E-state index is 11.9. The van der Waals surface area contributed by atoms with Gasteiger partial charge >= 0.3 is 0 Å². The minimum atomic E-state index is -0.213. The number of ether oxygens (including phenoxy) is 2. The monoisotopic (exact) mass is 455 g/mol. The average molecular weight is 456 g/mol. The molecule has 4 rings (SSSR count). The number of thiocarbonyl (C=S) groups is 1. The SMILES string of the molecule is CCOc1cc(C=C2SC(=S)NC2=O)cc(Cl)c1OCc1cccc2ccccc12. The van der Waals surface area contributed by atoms with Crippen molar-refractivity contribution >= 4 is 62.7 Å². The second kappa shape index (κ2) is 9.08. The minimum absolute atomic E-state index is 0.213. The van der Waals surface area contributed by atoms with E-state index in [2.05, 4.69) is 23.5 Å². The first kappa shape index (κ1) is 20.7. The Morgan fingerprint density at radius 1 is 1.13 bits per heavy atom. The van der Waals surface area contributed by atoms with Crippen LogP contribution in [0.5, 0.6) is 11.5 Å². The highest BCUT2D eigenvalue weighted by molar-refractivity contribution is 8.26. The van der Waals surface area contributed by atoms with Crippen molar-refractivity contribution in [1.29, 1.82) is 0 Å². The minimum Gasteiger partial charge on any atom is -0.490 e. The molecule has 1 aliphatic heterocycles. The Labute approximate surface area is 189 Å². The molecular formula is C23H18ClNO3S2. The fourth-order valence-electron chi connectivity index (χ4n) is 3.21. The fourth-order valence-corrected chi connectivity index (χ4v) is 4.53. The van der Waals surface area contributed by atoms with Crippen molar-refractivity contribution in [2.24, 2.45) is 0 Å². The summed E-state index contributed by atoms with van der Waals surface area (Å²) in [7, 11) is 0. The Kier molecular flexibility index (Phi) is 6.27. The lowest BCUT2D eigenvalue weighted by atomic mass is 10.1. The van der Waals surface area contributed by atoms with Crippen LogP contribution in [-0.4, -0.2) is 16.8 Å². The van der Waals surface area contributed by atoms with Crippen LogP contribution >= 0.6 is 35.6 Å². The lowest BCUT2D eigenvalue weighted by molar-refractivity contribution is -0.115. The molecular weight excluding hydrogens is 438 g/mol. The molecule has 0 aromatic heterocycles. The normalized spacial score (nSPS) is 14.9. The summed E-state index contributed by atoms with van der Waals surface area (Å²) in [6.07, 6.45) is 1.74. The van der Waals surface area contributed by atoms with Crippen molar-refractivity contribution in [2.75, 3.05) is 6.61 Å². The first-order valence-corrected chi connectivity index (χ1v) is 11.0. The predicted molar refractivity (Wildman–Crippen MR) is 127 cm³/mol. The van der Waals surface area contributed by atoms with Gasteiger partial charge in [-0.25, -0.2) is 0 Å². The molecule has 4 nitrogen and oxygen atoms in total. The van der Waals surface area contributed by atoms with E-state index in [0.29, 0.717) is 39.0 Å². The number of benzene rings is 3. The molecule has 3 aromatic carbocycles. The third kappa shape index (κ3) is 4.46. The third-order valence-electron chi connectivity index (χ3n) is 4.52. The van der Waals surface area contributed by atoms with Gasteiger partial charge in [-0.1, -0.05) is 78.0 Å². The molecule has 0 bridgehead atoms. The number of thioether (sulfide) groups is 1. The van der Waals surface area contributed by atoms with E-state index in [-0.39, 0.29) is 5.91 Å².